The highest BCUT2D eigenvalue weighted by atomic mass is 32.1. The molecule has 0 spiro atoms. The predicted molar refractivity (Wildman–Crippen MR) is 128 cm³/mol. The van der Waals surface area contributed by atoms with E-state index in [2.05, 4.69) is 16.2 Å². The number of ether oxygens (including phenoxy) is 1. The van der Waals surface area contributed by atoms with E-state index in [0.717, 1.165) is 11.1 Å². The molecular weight excluding hydrogens is 422 g/mol. The molecular formula is C25H25N3O3S. The van der Waals surface area contributed by atoms with Crippen LogP contribution in [0.4, 0.5) is 0 Å². The Morgan fingerprint density at radius 1 is 0.781 bits per heavy atom. The van der Waals surface area contributed by atoms with Crippen molar-refractivity contribution >= 4 is 29.1 Å². The van der Waals surface area contributed by atoms with Crippen LogP contribution in [0.15, 0.2) is 84.9 Å². The normalized spacial score (nSPS) is 10.5. The molecule has 0 saturated carbocycles. The predicted octanol–water partition coefficient (Wildman–Crippen LogP) is 3.94. The van der Waals surface area contributed by atoms with Crippen molar-refractivity contribution in [1.29, 1.82) is 0 Å². The fraction of sp³-hybridized carbons (Fsp3) is 0.160. The lowest BCUT2D eigenvalue weighted by Gasteiger charge is -2.19. The van der Waals surface area contributed by atoms with E-state index in [0.29, 0.717) is 11.3 Å². The average molecular weight is 448 g/mol. The van der Waals surface area contributed by atoms with Gasteiger partial charge >= 0.3 is 0 Å². The Morgan fingerprint density at radius 3 is 1.81 bits per heavy atom. The summed E-state index contributed by atoms with van der Waals surface area (Å²) in [6.07, 6.45) is 0.0469. The Bertz CT molecular complexity index is 1020. The molecule has 7 heteroatoms. The lowest BCUT2D eigenvalue weighted by atomic mass is 9.91. The van der Waals surface area contributed by atoms with Gasteiger partial charge in [0.2, 0.25) is 5.91 Å². The molecule has 0 atom stereocenters. The van der Waals surface area contributed by atoms with Gasteiger partial charge in [-0.05, 0) is 61.5 Å². The van der Waals surface area contributed by atoms with Crippen LogP contribution in [-0.4, -0.2) is 23.0 Å². The van der Waals surface area contributed by atoms with Crippen LogP contribution in [0.5, 0.6) is 5.75 Å². The van der Waals surface area contributed by atoms with Crippen LogP contribution < -0.4 is 20.9 Å². The molecule has 0 heterocycles. The van der Waals surface area contributed by atoms with Crippen LogP contribution in [0.2, 0.25) is 0 Å². The number of carbonyl (C=O) groups is 2. The van der Waals surface area contributed by atoms with Gasteiger partial charge in [0.1, 0.15) is 5.75 Å². The Labute approximate surface area is 193 Å². The largest absolute Gasteiger partial charge is 0.491 e. The fourth-order valence-corrected chi connectivity index (χ4v) is 3.28. The van der Waals surface area contributed by atoms with Crippen molar-refractivity contribution in [2.75, 3.05) is 0 Å². The molecule has 0 radical (unpaired) electrons. The molecule has 0 unspecified atom stereocenters. The van der Waals surface area contributed by atoms with Crippen LogP contribution in [0, 0.1) is 0 Å². The first-order valence-corrected chi connectivity index (χ1v) is 10.6. The van der Waals surface area contributed by atoms with Gasteiger partial charge in [0.05, 0.1) is 12.0 Å². The monoisotopic (exact) mass is 447 g/mol. The highest BCUT2D eigenvalue weighted by Crippen LogP contribution is 2.24. The number of thiocarbonyl (C=S) groups is 1. The third kappa shape index (κ3) is 6.39. The molecule has 2 amide bonds. The van der Waals surface area contributed by atoms with Crippen molar-refractivity contribution in [3.63, 3.8) is 0 Å². The van der Waals surface area contributed by atoms with Gasteiger partial charge in [0.15, 0.2) is 5.11 Å². The Hall–Kier alpha value is -3.71. The lowest BCUT2D eigenvalue weighted by molar-refractivity contribution is -0.122. The molecule has 6 nitrogen and oxygen atoms in total. The quantitative estimate of drug-likeness (QED) is 0.394. The summed E-state index contributed by atoms with van der Waals surface area (Å²) in [6.45, 7) is 3.86. The number of benzene rings is 3. The molecule has 0 aliphatic heterocycles. The maximum absolute atomic E-state index is 13.0. The summed E-state index contributed by atoms with van der Waals surface area (Å²) >= 11 is 5.17. The van der Waals surface area contributed by atoms with Gasteiger partial charge in [0.25, 0.3) is 5.91 Å². The zero-order valence-corrected chi connectivity index (χ0v) is 18.7. The second-order valence-electron chi connectivity index (χ2n) is 7.34. The molecule has 0 fully saturated rings. The summed E-state index contributed by atoms with van der Waals surface area (Å²) in [6, 6.07) is 25.6. The van der Waals surface area contributed by atoms with Crippen LogP contribution in [0.1, 0.15) is 41.3 Å². The number of rotatable bonds is 6. The first-order chi connectivity index (χ1) is 15.4. The smallest absolute Gasteiger partial charge is 0.257 e. The van der Waals surface area contributed by atoms with E-state index < -0.39 is 11.8 Å². The number of hydrazine groups is 1. The zero-order valence-electron chi connectivity index (χ0n) is 17.9. The summed E-state index contributed by atoms with van der Waals surface area (Å²) in [5.74, 6) is -0.543. The molecule has 0 aromatic heterocycles. The molecule has 0 aliphatic rings. The molecule has 3 rings (SSSR count). The maximum atomic E-state index is 13.0. The number of hydrogen-bond donors (Lipinski definition) is 3. The van der Waals surface area contributed by atoms with Crippen molar-refractivity contribution in [1.82, 2.24) is 16.2 Å². The van der Waals surface area contributed by atoms with Crippen LogP contribution >= 0.6 is 12.2 Å². The SMILES string of the molecule is CC(C)Oc1ccc(C(=O)NC(=S)NNC(=O)C(c2ccccc2)c2ccccc2)cc1. The molecule has 3 N–H and O–H groups in total. The van der Waals surface area contributed by atoms with Gasteiger partial charge in [-0.3, -0.25) is 25.8 Å². The van der Waals surface area contributed by atoms with E-state index >= 15 is 0 Å². The molecule has 32 heavy (non-hydrogen) atoms. The summed E-state index contributed by atoms with van der Waals surface area (Å²) in [5, 5.41) is 2.55. The zero-order chi connectivity index (χ0) is 22.9. The minimum atomic E-state index is -0.531. The Morgan fingerprint density at radius 2 is 1.31 bits per heavy atom. The summed E-state index contributed by atoms with van der Waals surface area (Å²) < 4.78 is 5.57. The topological polar surface area (TPSA) is 79.5 Å². The summed E-state index contributed by atoms with van der Waals surface area (Å²) in [5.41, 5.74) is 7.33. The molecule has 164 valence electrons. The van der Waals surface area contributed by atoms with Crippen molar-refractivity contribution in [3.8, 4) is 5.75 Å². The lowest BCUT2D eigenvalue weighted by Crippen LogP contribution is -2.49. The van der Waals surface area contributed by atoms with Gasteiger partial charge in [0, 0.05) is 5.56 Å². The number of hydrogen-bond acceptors (Lipinski definition) is 4. The number of nitrogens with one attached hydrogen (secondary N) is 3. The Kier molecular flexibility index (Phi) is 7.94. The van der Waals surface area contributed by atoms with E-state index in [1.54, 1.807) is 24.3 Å². The molecule has 3 aromatic carbocycles. The van der Waals surface area contributed by atoms with E-state index in [9.17, 15) is 9.59 Å². The molecule has 0 saturated heterocycles. The minimum absolute atomic E-state index is 0.00858. The first kappa shape index (κ1) is 23.0. The fourth-order valence-electron chi connectivity index (χ4n) is 3.14. The van der Waals surface area contributed by atoms with Crippen LogP contribution in [0.25, 0.3) is 0 Å². The third-order valence-corrected chi connectivity index (χ3v) is 4.75. The second-order valence-corrected chi connectivity index (χ2v) is 7.75. The second kappa shape index (κ2) is 11.1. The maximum Gasteiger partial charge on any atom is 0.257 e. The Balaban J connectivity index is 1.60. The molecule has 0 aliphatic carbocycles. The van der Waals surface area contributed by atoms with Crippen LogP contribution in [0.3, 0.4) is 0 Å². The van der Waals surface area contributed by atoms with Gasteiger partial charge < -0.3 is 4.74 Å². The van der Waals surface area contributed by atoms with Crippen LogP contribution in [-0.2, 0) is 4.79 Å². The van der Waals surface area contributed by atoms with E-state index in [1.807, 2.05) is 74.5 Å². The van der Waals surface area contributed by atoms with Gasteiger partial charge in [-0.1, -0.05) is 60.7 Å². The van der Waals surface area contributed by atoms with Crippen molar-refractivity contribution in [2.45, 2.75) is 25.9 Å². The van der Waals surface area contributed by atoms with Crippen molar-refractivity contribution < 1.29 is 14.3 Å². The summed E-state index contributed by atoms with van der Waals surface area (Å²) in [4.78, 5) is 25.4. The standard InChI is InChI=1S/C25H25N3O3S/c1-17(2)31-21-15-13-20(14-16-21)23(29)26-25(32)28-27-24(30)22(18-9-5-3-6-10-18)19-11-7-4-8-12-19/h3-17,22H,1-2H3,(H,27,30)(H2,26,28,29,32). The van der Waals surface area contributed by atoms with E-state index in [1.165, 1.54) is 0 Å². The molecule has 0 bridgehead atoms. The third-order valence-electron chi connectivity index (χ3n) is 4.54. The van der Waals surface area contributed by atoms with Gasteiger partial charge in [-0.15, -0.1) is 0 Å². The molecule has 3 aromatic rings. The minimum Gasteiger partial charge on any atom is -0.491 e. The number of carbonyl (C=O) groups excluding carboxylic acids is 2. The van der Waals surface area contributed by atoms with Gasteiger partial charge in [-0.25, -0.2) is 0 Å². The first-order valence-electron chi connectivity index (χ1n) is 10.2. The van der Waals surface area contributed by atoms with Crippen molar-refractivity contribution in [3.05, 3.63) is 102 Å². The highest BCUT2D eigenvalue weighted by molar-refractivity contribution is 7.80. The van der Waals surface area contributed by atoms with Crippen molar-refractivity contribution in [2.24, 2.45) is 0 Å². The number of amides is 2. The average Bonchev–Trinajstić information content (AvgIpc) is 2.79. The highest BCUT2D eigenvalue weighted by Gasteiger charge is 2.22. The van der Waals surface area contributed by atoms with E-state index in [4.69, 9.17) is 17.0 Å². The van der Waals surface area contributed by atoms with E-state index in [-0.39, 0.29) is 17.1 Å². The summed E-state index contributed by atoms with van der Waals surface area (Å²) in [7, 11) is 0. The van der Waals surface area contributed by atoms with Gasteiger partial charge in [-0.2, -0.15) is 0 Å².